The highest BCUT2D eigenvalue weighted by atomic mass is 79.9. The molecule has 0 saturated carbocycles. The fourth-order valence-electron chi connectivity index (χ4n) is 1.13. The zero-order chi connectivity index (χ0) is 11.3. The van der Waals surface area contributed by atoms with E-state index in [9.17, 15) is 4.21 Å². The lowest BCUT2D eigenvalue weighted by atomic mass is 10.1. The zero-order valence-electron chi connectivity index (χ0n) is 7.80. The van der Waals surface area contributed by atoms with Crippen LogP contribution in [-0.4, -0.2) is 14.4 Å². The van der Waals surface area contributed by atoms with Gasteiger partial charge in [0.2, 0.25) is 0 Å². The minimum Gasteiger partial charge on any atom is -0.212 e. The standard InChI is InChI=1S/C10H9BrCl2OS/c11-5-1-2-10(15-14)7-3-4-8(12)9(13)6-7/h3-4,6H,1-2,5H2. The normalized spacial score (nSPS) is 10.1. The van der Waals surface area contributed by atoms with Crippen LogP contribution in [0.25, 0.3) is 0 Å². The Morgan fingerprint density at radius 3 is 2.60 bits per heavy atom. The van der Waals surface area contributed by atoms with Crippen LogP contribution >= 0.6 is 39.1 Å². The molecule has 1 aromatic rings. The second kappa shape index (κ2) is 6.69. The van der Waals surface area contributed by atoms with Crippen LogP contribution in [0.15, 0.2) is 18.2 Å². The maximum Gasteiger partial charge on any atom is 0.0926 e. The van der Waals surface area contributed by atoms with Crippen molar-refractivity contribution in [2.75, 3.05) is 5.33 Å². The van der Waals surface area contributed by atoms with Gasteiger partial charge in [0.15, 0.2) is 0 Å². The summed E-state index contributed by atoms with van der Waals surface area (Å²) in [6.07, 6.45) is 1.70. The summed E-state index contributed by atoms with van der Waals surface area (Å²) in [6, 6.07) is 5.27. The van der Waals surface area contributed by atoms with Gasteiger partial charge in [-0.25, -0.2) is 4.21 Å². The van der Waals surface area contributed by atoms with E-state index in [1.807, 2.05) is 6.07 Å². The molecule has 0 aliphatic carbocycles. The molecule has 0 unspecified atom stereocenters. The van der Waals surface area contributed by atoms with E-state index in [1.54, 1.807) is 12.1 Å². The van der Waals surface area contributed by atoms with Crippen molar-refractivity contribution in [3.63, 3.8) is 0 Å². The van der Waals surface area contributed by atoms with Crippen molar-refractivity contribution >= 4 is 55.3 Å². The Hall–Kier alpha value is 0.170. The summed E-state index contributed by atoms with van der Waals surface area (Å²) in [5.74, 6) is 0. The molecule has 15 heavy (non-hydrogen) atoms. The van der Waals surface area contributed by atoms with Gasteiger partial charge in [0.1, 0.15) is 0 Å². The summed E-state index contributed by atoms with van der Waals surface area (Å²) >= 11 is 15.5. The number of alkyl halides is 1. The molecule has 0 N–H and O–H groups in total. The van der Waals surface area contributed by atoms with Gasteiger partial charge >= 0.3 is 0 Å². The van der Waals surface area contributed by atoms with Crippen molar-refractivity contribution in [1.82, 2.24) is 0 Å². The Kier molecular flexibility index (Phi) is 5.90. The molecular weight excluding hydrogens is 319 g/mol. The smallest absolute Gasteiger partial charge is 0.0926 e. The molecule has 0 aliphatic rings. The van der Waals surface area contributed by atoms with Gasteiger partial charge < -0.3 is 0 Å². The van der Waals surface area contributed by atoms with Gasteiger partial charge in [-0.15, -0.1) is 0 Å². The molecule has 82 valence electrons. The third kappa shape index (κ3) is 3.91. The molecule has 0 heterocycles. The van der Waals surface area contributed by atoms with Crippen LogP contribution in [-0.2, 0) is 11.3 Å². The van der Waals surface area contributed by atoms with E-state index in [0.29, 0.717) is 21.3 Å². The molecule has 0 aliphatic heterocycles. The van der Waals surface area contributed by atoms with E-state index in [-0.39, 0.29) is 0 Å². The van der Waals surface area contributed by atoms with Gasteiger partial charge in [0.05, 0.1) is 26.2 Å². The highest BCUT2D eigenvalue weighted by Gasteiger charge is 2.05. The van der Waals surface area contributed by atoms with E-state index >= 15 is 0 Å². The molecule has 0 radical (unpaired) electrons. The molecule has 1 nitrogen and oxygen atoms in total. The maximum absolute atomic E-state index is 10.9. The Morgan fingerprint density at radius 1 is 1.33 bits per heavy atom. The van der Waals surface area contributed by atoms with Crippen LogP contribution in [0.2, 0.25) is 10.0 Å². The highest BCUT2D eigenvalue weighted by molar-refractivity contribution is 9.09. The third-order valence-corrected chi connectivity index (χ3v) is 3.82. The van der Waals surface area contributed by atoms with Crippen LogP contribution < -0.4 is 0 Å². The lowest BCUT2D eigenvalue weighted by Gasteiger charge is -2.03. The van der Waals surface area contributed by atoms with Crippen LogP contribution in [0, 0.1) is 0 Å². The fraction of sp³-hybridized carbons (Fsp3) is 0.300. The summed E-state index contributed by atoms with van der Waals surface area (Å²) in [4.78, 5) is 0.799. The molecule has 0 spiro atoms. The van der Waals surface area contributed by atoms with Crippen molar-refractivity contribution in [2.24, 2.45) is 0 Å². The zero-order valence-corrected chi connectivity index (χ0v) is 11.7. The molecule has 5 heteroatoms. The van der Waals surface area contributed by atoms with Gasteiger partial charge in [-0.3, -0.25) is 0 Å². The monoisotopic (exact) mass is 326 g/mol. The lowest BCUT2D eigenvalue weighted by molar-refractivity contribution is 0.700. The van der Waals surface area contributed by atoms with Crippen molar-refractivity contribution in [2.45, 2.75) is 12.8 Å². The van der Waals surface area contributed by atoms with Crippen LogP contribution in [0.5, 0.6) is 0 Å². The van der Waals surface area contributed by atoms with Gasteiger partial charge in [-0.2, -0.15) is 0 Å². The summed E-state index contributed by atoms with van der Waals surface area (Å²) in [5.41, 5.74) is 0.866. The Balaban J connectivity index is 2.93. The van der Waals surface area contributed by atoms with Gasteiger partial charge in [-0.1, -0.05) is 45.2 Å². The van der Waals surface area contributed by atoms with E-state index in [1.165, 1.54) is 0 Å². The van der Waals surface area contributed by atoms with E-state index in [0.717, 1.165) is 28.6 Å². The van der Waals surface area contributed by atoms with Gasteiger partial charge in [0, 0.05) is 5.33 Å². The molecule has 1 rings (SSSR count). The van der Waals surface area contributed by atoms with E-state index < -0.39 is 0 Å². The quantitative estimate of drug-likeness (QED) is 0.465. The Morgan fingerprint density at radius 2 is 2.07 bits per heavy atom. The van der Waals surface area contributed by atoms with Crippen molar-refractivity contribution in [1.29, 1.82) is 0 Å². The van der Waals surface area contributed by atoms with Crippen molar-refractivity contribution < 1.29 is 4.21 Å². The number of benzene rings is 1. The molecule has 1 aromatic carbocycles. The number of rotatable bonds is 4. The first-order valence-corrected chi connectivity index (χ1v) is 6.98. The van der Waals surface area contributed by atoms with E-state index in [4.69, 9.17) is 23.2 Å². The topological polar surface area (TPSA) is 17.1 Å². The van der Waals surface area contributed by atoms with Crippen molar-refractivity contribution in [3.8, 4) is 0 Å². The number of hydrogen-bond acceptors (Lipinski definition) is 1. The third-order valence-electron chi connectivity index (χ3n) is 1.88. The molecule has 0 aromatic heterocycles. The van der Waals surface area contributed by atoms with Crippen LogP contribution in [0.4, 0.5) is 0 Å². The summed E-state index contributed by atoms with van der Waals surface area (Å²) in [7, 11) is 0. The molecule has 0 saturated heterocycles. The lowest BCUT2D eigenvalue weighted by Crippen LogP contribution is -2.00. The molecular formula is C10H9BrCl2OS. The largest absolute Gasteiger partial charge is 0.212 e. The Labute approximate surface area is 111 Å². The minimum atomic E-state index is 0.486. The first-order chi connectivity index (χ1) is 7.19. The van der Waals surface area contributed by atoms with Crippen LogP contribution in [0.1, 0.15) is 18.4 Å². The van der Waals surface area contributed by atoms with Crippen molar-refractivity contribution in [3.05, 3.63) is 33.8 Å². The maximum atomic E-state index is 10.9. The average Bonchev–Trinajstić information content (AvgIpc) is 2.24. The molecule has 0 atom stereocenters. The summed E-state index contributed by atoms with van der Waals surface area (Å²) < 4.78 is 10.9. The number of hydrogen-bond donors (Lipinski definition) is 0. The predicted molar refractivity (Wildman–Crippen MR) is 71.7 cm³/mol. The Bertz CT molecular complexity index is 402. The SMILES string of the molecule is O=S=C(CCCBr)c1ccc(Cl)c(Cl)c1. The van der Waals surface area contributed by atoms with Gasteiger partial charge in [0.25, 0.3) is 0 Å². The number of halogens is 3. The summed E-state index contributed by atoms with van der Waals surface area (Å²) in [5, 5.41) is 1.88. The predicted octanol–water partition coefficient (Wildman–Crippen LogP) is 3.90. The van der Waals surface area contributed by atoms with Gasteiger partial charge in [-0.05, 0) is 30.5 Å². The first-order valence-electron chi connectivity index (χ1n) is 4.36. The second-order valence-electron chi connectivity index (χ2n) is 2.93. The summed E-state index contributed by atoms with van der Waals surface area (Å²) in [6.45, 7) is 0. The minimum absolute atomic E-state index is 0.486. The second-order valence-corrected chi connectivity index (χ2v) is 5.19. The molecule has 0 bridgehead atoms. The molecule has 0 fully saturated rings. The van der Waals surface area contributed by atoms with Crippen LogP contribution in [0.3, 0.4) is 0 Å². The fourth-order valence-corrected chi connectivity index (χ4v) is 2.16. The van der Waals surface area contributed by atoms with E-state index in [2.05, 4.69) is 15.9 Å². The first kappa shape index (κ1) is 13.2. The highest BCUT2D eigenvalue weighted by Crippen LogP contribution is 2.23. The molecule has 0 amide bonds. The average molecular weight is 328 g/mol.